The molecule has 1 aromatic heterocycles. The highest BCUT2D eigenvalue weighted by molar-refractivity contribution is 7.11. The minimum absolute atomic E-state index is 0.0583. The van der Waals surface area contributed by atoms with E-state index in [9.17, 15) is 4.79 Å². The molecule has 2 rings (SSSR count). The molecule has 0 fully saturated rings. The molecule has 0 aliphatic heterocycles. The second-order valence-corrected chi connectivity index (χ2v) is 6.14. The number of thiazole rings is 1. The molecular formula is C16H20N2O3S. The molecule has 0 saturated carbocycles. The zero-order valence-corrected chi connectivity index (χ0v) is 14.0. The Bertz CT molecular complexity index is 667. The molecular weight excluding hydrogens is 300 g/mol. The molecule has 118 valence electrons. The van der Waals surface area contributed by atoms with Crippen LogP contribution in [0.25, 0.3) is 0 Å². The number of amides is 1. The number of carbonyl (C=O) groups is 1. The van der Waals surface area contributed by atoms with Crippen molar-refractivity contribution in [3.63, 3.8) is 0 Å². The van der Waals surface area contributed by atoms with Gasteiger partial charge in [0.2, 0.25) is 5.91 Å². The molecule has 22 heavy (non-hydrogen) atoms. The van der Waals surface area contributed by atoms with Crippen molar-refractivity contribution in [3.05, 3.63) is 33.8 Å². The third kappa shape index (κ3) is 3.98. The van der Waals surface area contributed by atoms with E-state index in [2.05, 4.69) is 10.3 Å². The zero-order chi connectivity index (χ0) is 16.1. The van der Waals surface area contributed by atoms with E-state index in [1.165, 1.54) is 0 Å². The summed E-state index contributed by atoms with van der Waals surface area (Å²) < 4.78 is 10.4. The summed E-state index contributed by atoms with van der Waals surface area (Å²) in [6.45, 7) is 3.95. The molecule has 0 radical (unpaired) electrons. The first-order valence-corrected chi connectivity index (χ1v) is 7.80. The number of nitrogens with zero attached hydrogens (tertiary/aromatic N) is 1. The van der Waals surface area contributed by atoms with Crippen LogP contribution in [0.1, 0.15) is 22.0 Å². The van der Waals surface area contributed by atoms with E-state index >= 15 is 0 Å². The Morgan fingerprint density at radius 2 is 2.05 bits per heavy atom. The van der Waals surface area contributed by atoms with Gasteiger partial charge in [0.25, 0.3) is 0 Å². The van der Waals surface area contributed by atoms with E-state index in [1.54, 1.807) is 43.8 Å². The molecule has 6 heteroatoms. The lowest BCUT2D eigenvalue weighted by Crippen LogP contribution is -2.13. The Hall–Kier alpha value is -2.08. The number of ether oxygens (including phenoxy) is 2. The topological polar surface area (TPSA) is 60.5 Å². The van der Waals surface area contributed by atoms with Gasteiger partial charge < -0.3 is 14.8 Å². The highest BCUT2D eigenvalue weighted by Crippen LogP contribution is 2.29. The van der Waals surface area contributed by atoms with Gasteiger partial charge in [0.05, 0.1) is 30.6 Å². The van der Waals surface area contributed by atoms with Crippen LogP contribution in [-0.4, -0.2) is 25.1 Å². The van der Waals surface area contributed by atoms with Gasteiger partial charge in [-0.25, -0.2) is 4.98 Å². The van der Waals surface area contributed by atoms with Gasteiger partial charge in [-0.15, -0.1) is 11.3 Å². The number of aromatic nitrogens is 1. The fourth-order valence-corrected chi connectivity index (χ4v) is 3.09. The summed E-state index contributed by atoms with van der Waals surface area (Å²) in [5, 5.41) is 3.90. The van der Waals surface area contributed by atoms with E-state index in [0.717, 1.165) is 15.6 Å². The first kappa shape index (κ1) is 16.3. The number of anilines is 1. The highest BCUT2D eigenvalue weighted by atomic mass is 32.1. The molecule has 0 saturated heterocycles. The van der Waals surface area contributed by atoms with Gasteiger partial charge >= 0.3 is 0 Å². The van der Waals surface area contributed by atoms with E-state index in [0.29, 0.717) is 30.0 Å². The van der Waals surface area contributed by atoms with Crippen LogP contribution in [0.4, 0.5) is 5.69 Å². The van der Waals surface area contributed by atoms with E-state index in [4.69, 9.17) is 9.47 Å². The molecule has 1 amide bonds. The van der Waals surface area contributed by atoms with E-state index in [-0.39, 0.29) is 5.91 Å². The fraction of sp³-hybridized carbons (Fsp3) is 0.375. The summed E-state index contributed by atoms with van der Waals surface area (Å²) in [6, 6.07) is 5.31. The Balaban J connectivity index is 2.01. The lowest BCUT2D eigenvalue weighted by molar-refractivity contribution is -0.116. The average molecular weight is 320 g/mol. The molecule has 0 aliphatic rings. The van der Waals surface area contributed by atoms with Crippen molar-refractivity contribution in [1.82, 2.24) is 4.98 Å². The number of methoxy groups -OCH3 is 2. The predicted octanol–water partition coefficient (Wildman–Crippen LogP) is 3.35. The van der Waals surface area contributed by atoms with Crippen LogP contribution >= 0.6 is 11.3 Å². The van der Waals surface area contributed by atoms with Crippen LogP contribution < -0.4 is 14.8 Å². The second kappa shape index (κ2) is 7.26. The lowest BCUT2D eigenvalue weighted by Gasteiger charge is -2.11. The summed E-state index contributed by atoms with van der Waals surface area (Å²) >= 11 is 1.64. The van der Waals surface area contributed by atoms with Gasteiger partial charge in [0.15, 0.2) is 0 Å². The van der Waals surface area contributed by atoms with E-state index in [1.807, 2.05) is 13.8 Å². The molecule has 0 spiro atoms. The van der Waals surface area contributed by atoms with Crippen LogP contribution in [0.2, 0.25) is 0 Å². The Morgan fingerprint density at radius 3 is 2.64 bits per heavy atom. The number of hydrogen-bond acceptors (Lipinski definition) is 5. The Morgan fingerprint density at radius 1 is 1.27 bits per heavy atom. The normalized spacial score (nSPS) is 10.4. The highest BCUT2D eigenvalue weighted by Gasteiger charge is 2.11. The molecule has 1 aromatic carbocycles. The number of carbonyl (C=O) groups excluding carboxylic acids is 1. The maximum atomic E-state index is 12.1. The summed E-state index contributed by atoms with van der Waals surface area (Å²) in [5.74, 6) is 1.22. The minimum atomic E-state index is -0.0583. The van der Waals surface area contributed by atoms with Crippen LogP contribution in [-0.2, 0) is 11.2 Å². The summed E-state index contributed by atoms with van der Waals surface area (Å²) in [7, 11) is 3.16. The van der Waals surface area contributed by atoms with Crippen molar-refractivity contribution in [2.24, 2.45) is 0 Å². The smallest absolute Gasteiger partial charge is 0.224 e. The van der Waals surface area contributed by atoms with Gasteiger partial charge in [-0.05, 0) is 32.4 Å². The lowest BCUT2D eigenvalue weighted by atomic mass is 10.2. The second-order valence-electron chi connectivity index (χ2n) is 4.86. The van der Waals surface area contributed by atoms with Gasteiger partial charge in [-0.1, -0.05) is 0 Å². The fourth-order valence-electron chi connectivity index (χ4n) is 2.16. The molecule has 2 aromatic rings. The number of hydrogen-bond donors (Lipinski definition) is 1. The van der Waals surface area contributed by atoms with Crippen molar-refractivity contribution in [2.75, 3.05) is 19.5 Å². The van der Waals surface area contributed by atoms with Crippen LogP contribution in [0.5, 0.6) is 11.5 Å². The molecule has 5 nitrogen and oxygen atoms in total. The van der Waals surface area contributed by atoms with Crippen molar-refractivity contribution in [2.45, 2.75) is 26.7 Å². The standard InChI is InChI=1S/C16H20N2O3S/c1-10-15(22-11(2)17-10)7-8-16(19)18-13-9-12(20-3)5-6-14(13)21-4/h5-6,9H,7-8H2,1-4H3,(H,18,19). The first-order chi connectivity index (χ1) is 10.5. The maximum absolute atomic E-state index is 12.1. The number of benzene rings is 1. The SMILES string of the molecule is COc1ccc(OC)c(NC(=O)CCc2sc(C)nc2C)c1. The summed E-state index contributed by atoms with van der Waals surface area (Å²) in [4.78, 5) is 17.7. The summed E-state index contributed by atoms with van der Waals surface area (Å²) in [6.07, 6.45) is 1.10. The first-order valence-electron chi connectivity index (χ1n) is 6.98. The molecule has 0 unspecified atom stereocenters. The number of nitrogens with one attached hydrogen (secondary N) is 1. The van der Waals surface area contributed by atoms with Gasteiger partial charge in [0, 0.05) is 17.4 Å². The third-order valence-corrected chi connectivity index (χ3v) is 4.39. The van der Waals surface area contributed by atoms with Crippen LogP contribution in [0.15, 0.2) is 18.2 Å². The average Bonchev–Trinajstić information content (AvgIpc) is 2.83. The van der Waals surface area contributed by atoms with Gasteiger partial charge in [-0.2, -0.15) is 0 Å². The number of aryl methyl sites for hydroxylation is 3. The molecule has 0 bridgehead atoms. The van der Waals surface area contributed by atoms with Crippen molar-refractivity contribution in [1.29, 1.82) is 0 Å². The maximum Gasteiger partial charge on any atom is 0.224 e. The largest absolute Gasteiger partial charge is 0.497 e. The molecule has 0 aliphatic carbocycles. The Kier molecular flexibility index (Phi) is 5.38. The predicted molar refractivity (Wildman–Crippen MR) is 88.1 cm³/mol. The Labute approximate surface area is 134 Å². The van der Waals surface area contributed by atoms with Crippen molar-refractivity contribution < 1.29 is 14.3 Å². The monoisotopic (exact) mass is 320 g/mol. The zero-order valence-electron chi connectivity index (χ0n) is 13.2. The molecule has 1 N–H and O–H groups in total. The third-order valence-electron chi connectivity index (χ3n) is 3.26. The van der Waals surface area contributed by atoms with Crippen molar-refractivity contribution >= 4 is 22.9 Å². The summed E-state index contributed by atoms with van der Waals surface area (Å²) in [5.41, 5.74) is 1.62. The van der Waals surface area contributed by atoms with Gasteiger partial charge in [0.1, 0.15) is 11.5 Å². The van der Waals surface area contributed by atoms with E-state index < -0.39 is 0 Å². The minimum Gasteiger partial charge on any atom is -0.497 e. The van der Waals surface area contributed by atoms with Gasteiger partial charge in [-0.3, -0.25) is 4.79 Å². The van der Waals surface area contributed by atoms with Crippen LogP contribution in [0, 0.1) is 13.8 Å². The molecule has 0 atom stereocenters. The van der Waals surface area contributed by atoms with Crippen LogP contribution in [0.3, 0.4) is 0 Å². The molecule has 1 heterocycles. The quantitative estimate of drug-likeness (QED) is 0.886. The number of rotatable bonds is 6. The van der Waals surface area contributed by atoms with Crippen molar-refractivity contribution in [3.8, 4) is 11.5 Å².